The van der Waals surface area contributed by atoms with Crippen LogP contribution in [0.5, 0.6) is 5.75 Å². The van der Waals surface area contributed by atoms with Crippen LogP contribution in [0.4, 0.5) is 0 Å². The van der Waals surface area contributed by atoms with Crippen molar-refractivity contribution in [2.75, 3.05) is 12.4 Å². The lowest BCUT2D eigenvalue weighted by Crippen LogP contribution is -2.23. The molecule has 1 aromatic carbocycles. The summed E-state index contributed by atoms with van der Waals surface area (Å²) in [4.78, 5) is 0. The normalized spacial score (nSPS) is 11.9. The molecule has 0 fully saturated rings. The molecule has 2 heteroatoms. The van der Waals surface area contributed by atoms with Crippen LogP contribution in [-0.4, -0.2) is 12.4 Å². The quantitative estimate of drug-likeness (QED) is 0.762. The maximum Gasteiger partial charge on any atom is 0.119 e. The molecule has 0 aliphatic rings. The van der Waals surface area contributed by atoms with Crippen molar-refractivity contribution in [3.63, 3.8) is 0 Å². The number of ether oxygens (including phenoxy) is 1. The minimum absolute atomic E-state index is 0.119. The fourth-order valence-electron chi connectivity index (χ4n) is 1.71. The summed E-state index contributed by atoms with van der Waals surface area (Å²) >= 11 is 4.33. The standard InChI is InChI=1S/C15H24OS/c1-11(2)14-7-6-13(8-12(14)3)16-9-15(4,5)10-17/h6-8,11,17H,9-10H2,1-5H3. The third-order valence-corrected chi connectivity index (χ3v) is 3.78. The van der Waals surface area contributed by atoms with E-state index in [2.05, 4.69) is 65.4 Å². The van der Waals surface area contributed by atoms with E-state index in [-0.39, 0.29) is 5.41 Å². The molecule has 0 amide bonds. The van der Waals surface area contributed by atoms with Gasteiger partial charge in [0.1, 0.15) is 5.75 Å². The number of thiol groups is 1. The van der Waals surface area contributed by atoms with Gasteiger partial charge < -0.3 is 4.74 Å². The molecule has 0 saturated heterocycles. The van der Waals surface area contributed by atoms with Gasteiger partial charge in [-0.25, -0.2) is 0 Å². The Morgan fingerprint density at radius 1 is 1.29 bits per heavy atom. The van der Waals surface area contributed by atoms with Crippen molar-refractivity contribution >= 4 is 12.6 Å². The maximum atomic E-state index is 5.83. The number of rotatable bonds is 5. The molecular weight excluding hydrogens is 228 g/mol. The van der Waals surface area contributed by atoms with Gasteiger partial charge in [-0.05, 0) is 41.9 Å². The fourth-order valence-corrected chi connectivity index (χ4v) is 1.80. The molecule has 0 N–H and O–H groups in total. The predicted octanol–water partition coefficient (Wildman–Crippen LogP) is 4.45. The molecule has 0 unspecified atom stereocenters. The van der Waals surface area contributed by atoms with Gasteiger partial charge in [0.2, 0.25) is 0 Å². The zero-order valence-corrected chi connectivity index (χ0v) is 12.5. The molecule has 1 nitrogen and oxygen atoms in total. The summed E-state index contributed by atoms with van der Waals surface area (Å²) in [5.41, 5.74) is 2.82. The first-order valence-electron chi connectivity index (χ1n) is 6.20. The van der Waals surface area contributed by atoms with E-state index in [1.165, 1.54) is 11.1 Å². The summed E-state index contributed by atoms with van der Waals surface area (Å²) in [6.07, 6.45) is 0. The molecule has 1 rings (SSSR count). The van der Waals surface area contributed by atoms with Gasteiger partial charge in [-0.1, -0.05) is 33.8 Å². The molecule has 0 atom stereocenters. The van der Waals surface area contributed by atoms with Crippen LogP contribution >= 0.6 is 12.6 Å². The number of benzene rings is 1. The minimum Gasteiger partial charge on any atom is -0.493 e. The first kappa shape index (κ1) is 14.4. The van der Waals surface area contributed by atoms with Gasteiger partial charge >= 0.3 is 0 Å². The van der Waals surface area contributed by atoms with Crippen LogP contribution in [0, 0.1) is 12.3 Å². The molecule has 0 heterocycles. The second kappa shape index (κ2) is 5.81. The van der Waals surface area contributed by atoms with Crippen molar-refractivity contribution in [3.8, 4) is 5.75 Å². The Morgan fingerprint density at radius 2 is 1.94 bits per heavy atom. The summed E-state index contributed by atoms with van der Waals surface area (Å²) in [5, 5.41) is 0. The molecule has 0 radical (unpaired) electrons. The van der Waals surface area contributed by atoms with E-state index < -0.39 is 0 Å². The van der Waals surface area contributed by atoms with E-state index in [1.54, 1.807) is 0 Å². The summed E-state index contributed by atoms with van der Waals surface area (Å²) in [5.74, 6) is 2.36. The molecule has 0 bridgehead atoms. The zero-order chi connectivity index (χ0) is 13.1. The zero-order valence-electron chi connectivity index (χ0n) is 11.6. The van der Waals surface area contributed by atoms with Crippen molar-refractivity contribution in [3.05, 3.63) is 29.3 Å². The summed E-state index contributed by atoms with van der Waals surface area (Å²) < 4.78 is 5.83. The second-order valence-electron chi connectivity index (χ2n) is 5.78. The van der Waals surface area contributed by atoms with Gasteiger partial charge in [0, 0.05) is 5.41 Å². The van der Waals surface area contributed by atoms with E-state index in [9.17, 15) is 0 Å². The van der Waals surface area contributed by atoms with Crippen LogP contribution in [0.3, 0.4) is 0 Å². The van der Waals surface area contributed by atoms with Crippen LogP contribution in [-0.2, 0) is 0 Å². The first-order valence-corrected chi connectivity index (χ1v) is 6.83. The number of aryl methyl sites for hydroxylation is 1. The Labute approximate surface area is 111 Å². The third kappa shape index (κ3) is 4.27. The number of hydrogen-bond acceptors (Lipinski definition) is 2. The van der Waals surface area contributed by atoms with Crippen molar-refractivity contribution in [1.82, 2.24) is 0 Å². The SMILES string of the molecule is Cc1cc(OCC(C)(C)CS)ccc1C(C)C. The smallest absolute Gasteiger partial charge is 0.119 e. The molecule has 0 aliphatic heterocycles. The van der Waals surface area contributed by atoms with Gasteiger partial charge in [-0.15, -0.1) is 0 Å². The van der Waals surface area contributed by atoms with Crippen molar-refractivity contribution in [2.24, 2.45) is 5.41 Å². The van der Waals surface area contributed by atoms with Gasteiger partial charge in [0.05, 0.1) is 6.61 Å². The average Bonchev–Trinajstić information content (AvgIpc) is 2.26. The van der Waals surface area contributed by atoms with E-state index >= 15 is 0 Å². The predicted molar refractivity (Wildman–Crippen MR) is 78.4 cm³/mol. The summed E-state index contributed by atoms with van der Waals surface area (Å²) in [7, 11) is 0. The van der Waals surface area contributed by atoms with Crippen molar-refractivity contribution < 1.29 is 4.74 Å². The lowest BCUT2D eigenvalue weighted by Gasteiger charge is -2.22. The van der Waals surface area contributed by atoms with Gasteiger partial charge in [-0.3, -0.25) is 0 Å². The Balaban J connectivity index is 2.71. The molecule has 0 spiro atoms. The Hall–Kier alpha value is -0.630. The van der Waals surface area contributed by atoms with Gasteiger partial charge in [0.25, 0.3) is 0 Å². The molecule has 0 aromatic heterocycles. The highest BCUT2D eigenvalue weighted by molar-refractivity contribution is 7.80. The molecule has 0 saturated carbocycles. The van der Waals surface area contributed by atoms with Gasteiger partial charge in [-0.2, -0.15) is 12.6 Å². The van der Waals surface area contributed by atoms with Gasteiger partial charge in [0.15, 0.2) is 0 Å². The van der Waals surface area contributed by atoms with E-state index in [4.69, 9.17) is 4.74 Å². The Bertz CT molecular complexity index is 369. The Morgan fingerprint density at radius 3 is 2.41 bits per heavy atom. The lowest BCUT2D eigenvalue weighted by atomic mass is 9.97. The van der Waals surface area contributed by atoms with Crippen LogP contribution in [0.2, 0.25) is 0 Å². The molecule has 17 heavy (non-hydrogen) atoms. The van der Waals surface area contributed by atoms with Crippen molar-refractivity contribution in [2.45, 2.75) is 40.5 Å². The Kier molecular flexibility index (Phi) is 4.93. The van der Waals surface area contributed by atoms with E-state index in [1.807, 2.05) is 0 Å². The van der Waals surface area contributed by atoms with E-state index in [0.29, 0.717) is 12.5 Å². The average molecular weight is 252 g/mol. The molecular formula is C15H24OS. The highest BCUT2D eigenvalue weighted by Gasteiger charge is 2.16. The van der Waals surface area contributed by atoms with Crippen LogP contribution < -0.4 is 4.74 Å². The lowest BCUT2D eigenvalue weighted by molar-refractivity contribution is 0.202. The summed E-state index contributed by atoms with van der Waals surface area (Å²) in [6.45, 7) is 11.6. The van der Waals surface area contributed by atoms with Crippen LogP contribution in [0.15, 0.2) is 18.2 Å². The van der Waals surface area contributed by atoms with Crippen LogP contribution in [0.25, 0.3) is 0 Å². The third-order valence-electron chi connectivity index (χ3n) is 2.92. The summed E-state index contributed by atoms with van der Waals surface area (Å²) in [6, 6.07) is 6.36. The number of hydrogen-bond donors (Lipinski definition) is 1. The van der Waals surface area contributed by atoms with E-state index in [0.717, 1.165) is 11.5 Å². The fraction of sp³-hybridized carbons (Fsp3) is 0.600. The van der Waals surface area contributed by atoms with Crippen LogP contribution in [0.1, 0.15) is 44.7 Å². The molecule has 1 aromatic rings. The highest BCUT2D eigenvalue weighted by Crippen LogP contribution is 2.25. The monoisotopic (exact) mass is 252 g/mol. The van der Waals surface area contributed by atoms with Crippen molar-refractivity contribution in [1.29, 1.82) is 0 Å². The largest absolute Gasteiger partial charge is 0.493 e. The highest BCUT2D eigenvalue weighted by atomic mass is 32.1. The topological polar surface area (TPSA) is 9.23 Å². The second-order valence-corrected chi connectivity index (χ2v) is 6.10. The molecule has 0 aliphatic carbocycles. The molecule has 96 valence electrons. The minimum atomic E-state index is 0.119. The first-order chi connectivity index (χ1) is 7.85. The maximum absolute atomic E-state index is 5.83.